The van der Waals surface area contributed by atoms with Crippen molar-refractivity contribution in [2.24, 2.45) is 5.92 Å². The van der Waals surface area contributed by atoms with Crippen molar-refractivity contribution < 1.29 is 28.3 Å². The van der Waals surface area contributed by atoms with Crippen LogP contribution in [0.15, 0.2) is 65.6 Å². The first-order valence-electron chi connectivity index (χ1n) is 11.2. The summed E-state index contributed by atoms with van der Waals surface area (Å²) in [5.74, 6) is -0.251. The second-order valence-electron chi connectivity index (χ2n) is 8.38. The van der Waals surface area contributed by atoms with Crippen molar-refractivity contribution in [2.45, 2.75) is 37.7 Å². The molecule has 2 N–H and O–H groups in total. The van der Waals surface area contributed by atoms with Crippen molar-refractivity contribution in [3.05, 3.63) is 61.2 Å². The van der Waals surface area contributed by atoms with E-state index >= 15 is 0 Å². The Bertz CT molecular complexity index is 1160. The van der Waals surface area contributed by atoms with Crippen molar-refractivity contribution >= 4 is 17.8 Å². The highest BCUT2D eigenvalue weighted by molar-refractivity contribution is 6.22. The zero-order valence-electron chi connectivity index (χ0n) is 18.3. The molecule has 3 aromatic rings. The number of aromatic nitrogens is 1. The molecule has 1 aliphatic heterocycles. The molecule has 0 spiro atoms. The van der Waals surface area contributed by atoms with Gasteiger partial charge in [0, 0.05) is 11.5 Å². The SMILES string of the molecule is O=C1NC(=O)C(Oc2ccc(Oc3ccc(-c4cocn4)cc3)cc2)(C2CCCCC2)C(=O)N1. The fraction of sp³-hybridized carbons (Fsp3) is 0.280. The first-order chi connectivity index (χ1) is 16.5. The van der Waals surface area contributed by atoms with Crippen LogP contribution in [-0.2, 0) is 9.59 Å². The van der Waals surface area contributed by atoms with Gasteiger partial charge in [0.15, 0.2) is 6.39 Å². The summed E-state index contributed by atoms with van der Waals surface area (Å²) in [6.07, 6.45) is 7.11. The summed E-state index contributed by atoms with van der Waals surface area (Å²) in [7, 11) is 0. The zero-order valence-corrected chi connectivity index (χ0v) is 18.3. The van der Waals surface area contributed by atoms with Gasteiger partial charge in [-0.1, -0.05) is 19.3 Å². The van der Waals surface area contributed by atoms with E-state index in [-0.39, 0.29) is 5.92 Å². The molecule has 1 aromatic heterocycles. The van der Waals surface area contributed by atoms with Gasteiger partial charge in [0.05, 0.1) is 0 Å². The van der Waals surface area contributed by atoms with Crippen molar-refractivity contribution in [3.8, 4) is 28.5 Å². The molecule has 5 rings (SSSR count). The van der Waals surface area contributed by atoms with Gasteiger partial charge in [0.25, 0.3) is 17.4 Å². The molecular weight excluding hydrogens is 438 g/mol. The van der Waals surface area contributed by atoms with Crippen molar-refractivity contribution in [1.82, 2.24) is 15.6 Å². The van der Waals surface area contributed by atoms with Crippen LogP contribution in [0.4, 0.5) is 4.79 Å². The maximum Gasteiger partial charge on any atom is 0.328 e. The highest BCUT2D eigenvalue weighted by Crippen LogP contribution is 2.38. The van der Waals surface area contributed by atoms with E-state index < -0.39 is 23.4 Å². The molecule has 1 saturated heterocycles. The van der Waals surface area contributed by atoms with Crippen molar-refractivity contribution in [1.29, 1.82) is 0 Å². The average Bonchev–Trinajstić information content (AvgIpc) is 3.39. The molecule has 0 atom stereocenters. The zero-order chi connectivity index (χ0) is 23.5. The number of carbonyl (C=O) groups is 3. The van der Waals surface area contributed by atoms with Gasteiger partial charge >= 0.3 is 6.03 Å². The molecule has 0 bridgehead atoms. The number of barbiturate groups is 1. The van der Waals surface area contributed by atoms with Gasteiger partial charge in [-0.15, -0.1) is 0 Å². The number of imide groups is 2. The van der Waals surface area contributed by atoms with Gasteiger partial charge in [0.1, 0.15) is 29.2 Å². The molecule has 174 valence electrons. The standard InChI is InChI=1S/C25H23N3O6/c29-22-25(17-4-2-1-3-5-17,23(30)28-24(31)27-22)34-20-12-10-19(11-13-20)33-18-8-6-16(7-9-18)21-14-32-15-26-21/h6-15,17H,1-5H2,(H2,27,28,29,30,31). The minimum Gasteiger partial charge on any atom is -0.467 e. The molecule has 9 heteroatoms. The maximum absolute atomic E-state index is 12.9. The van der Waals surface area contributed by atoms with Gasteiger partial charge < -0.3 is 13.9 Å². The van der Waals surface area contributed by atoms with Crippen LogP contribution in [0, 0.1) is 5.92 Å². The van der Waals surface area contributed by atoms with E-state index in [2.05, 4.69) is 15.6 Å². The fourth-order valence-electron chi connectivity index (χ4n) is 4.53. The highest BCUT2D eigenvalue weighted by Gasteiger charge is 2.58. The Hall–Kier alpha value is -4.14. The molecule has 0 unspecified atom stereocenters. The minimum absolute atomic E-state index is 0.325. The van der Waals surface area contributed by atoms with Crippen LogP contribution >= 0.6 is 0 Å². The number of hydrogen-bond donors (Lipinski definition) is 2. The number of hydrogen-bond acceptors (Lipinski definition) is 7. The second kappa shape index (κ2) is 9.01. The van der Waals surface area contributed by atoms with Gasteiger partial charge in [0.2, 0.25) is 0 Å². The third kappa shape index (κ3) is 4.12. The first kappa shape index (κ1) is 21.7. The van der Waals surface area contributed by atoms with Gasteiger partial charge in [-0.3, -0.25) is 20.2 Å². The van der Waals surface area contributed by atoms with Gasteiger partial charge in [-0.2, -0.15) is 0 Å². The van der Waals surface area contributed by atoms with E-state index in [1.54, 1.807) is 30.5 Å². The van der Waals surface area contributed by atoms with Crippen LogP contribution in [0.25, 0.3) is 11.3 Å². The van der Waals surface area contributed by atoms with E-state index in [9.17, 15) is 14.4 Å². The number of rotatable bonds is 6. The molecule has 1 aliphatic carbocycles. The molecule has 2 aromatic carbocycles. The summed E-state index contributed by atoms with van der Waals surface area (Å²) >= 11 is 0. The summed E-state index contributed by atoms with van der Waals surface area (Å²) in [6.45, 7) is 0. The lowest BCUT2D eigenvalue weighted by Gasteiger charge is -2.41. The maximum atomic E-state index is 12.9. The monoisotopic (exact) mass is 461 g/mol. The number of urea groups is 1. The van der Waals surface area contributed by atoms with E-state index in [1.807, 2.05) is 24.3 Å². The summed E-state index contributed by atoms with van der Waals surface area (Å²) in [5, 5.41) is 4.41. The molecule has 4 amide bonds. The van der Waals surface area contributed by atoms with E-state index in [4.69, 9.17) is 13.9 Å². The highest BCUT2D eigenvalue weighted by atomic mass is 16.5. The Kier molecular flexibility index (Phi) is 5.75. The van der Waals surface area contributed by atoms with E-state index in [1.165, 1.54) is 6.39 Å². The number of carbonyl (C=O) groups excluding carboxylic acids is 3. The molecule has 1 saturated carbocycles. The van der Waals surface area contributed by atoms with Gasteiger partial charge in [-0.05, 0) is 61.4 Å². The van der Waals surface area contributed by atoms with Crippen molar-refractivity contribution in [2.75, 3.05) is 0 Å². The Morgan fingerprint density at radius 1 is 0.824 bits per heavy atom. The lowest BCUT2D eigenvalue weighted by molar-refractivity contribution is -0.158. The smallest absolute Gasteiger partial charge is 0.328 e. The number of oxazole rings is 1. The molecule has 9 nitrogen and oxygen atoms in total. The Labute approximate surface area is 195 Å². The summed E-state index contributed by atoms with van der Waals surface area (Å²) in [6, 6.07) is 13.2. The van der Waals surface area contributed by atoms with Crippen molar-refractivity contribution in [3.63, 3.8) is 0 Å². The third-order valence-corrected chi connectivity index (χ3v) is 6.23. The third-order valence-electron chi connectivity index (χ3n) is 6.23. The van der Waals surface area contributed by atoms with E-state index in [0.717, 1.165) is 30.5 Å². The Morgan fingerprint density at radius 2 is 1.41 bits per heavy atom. The topological polar surface area (TPSA) is 120 Å². The first-order valence-corrected chi connectivity index (χ1v) is 11.2. The average molecular weight is 461 g/mol. The Balaban J connectivity index is 1.33. The molecule has 0 radical (unpaired) electrons. The lowest BCUT2D eigenvalue weighted by Crippen LogP contribution is -2.72. The van der Waals surface area contributed by atoms with Crippen LogP contribution in [0.1, 0.15) is 32.1 Å². The largest absolute Gasteiger partial charge is 0.467 e. The molecular formula is C25H23N3O6. The Morgan fingerprint density at radius 3 is 2.00 bits per heavy atom. The second-order valence-corrected chi connectivity index (χ2v) is 8.38. The number of nitrogens with one attached hydrogen (secondary N) is 2. The van der Waals surface area contributed by atoms with Gasteiger partial charge in [-0.25, -0.2) is 9.78 Å². The number of amides is 4. The minimum atomic E-state index is -1.78. The molecule has 34 heavy (non-hydrogen) atoms. The predicted molar refractivity (Wildman–Crippen MR) is 120 cm³/mol. The quantitative estimate of drug-likeness (QED) is 0.528. The van der Waals surface area contributed by atoms with Crippen LogP contribution < -0.4 is 20.1 Å². The van der Waals surface area contributed by atoms with Crippen LogP contribution in [-0.4, -0.2) is 28.4 Å². The van der Waals surface area contributed by atoms with Crippen LogP contribution in [0.3, 0.4) is 0 Å². The number of nitrogens with zero attached hydrogens (tertiary/aromatic N) is 1. The fourth-order valence-corrected chi connectivity index (χ4v) is 4.53. The number of benzene rings is 2. The summed E-state index contributed by atoms with van der Waals surface area (Å²) in [4.78, 5) is 41.6. The number of ether oxygens (including phenoxy) is 2. The van der Waals surface area contributed by atoms with E-state index in [0.29, 0.717) is 30.1 Å². The van der Waals surface area contributed by atoms with Crippen LogP contribution in [0.5, 0.6) is 17.2 Å². The normalized spacial score (nSPS) is 18.2. The van der Waals surface area contributed by atoms with Crippen LogP contribution in [0.2, 0.25) is 0 Å². The summed E-state index contributed by atoms with van der Waals surface area (Å²) in [5.41, 5.74) is -0.147. The summed E-state index contributed by atoms with van der Waals surface area (Å²) < 4.78 is 17.0. The molecule has 2 heterocycles. The molecule has 2 fully saturated rings. The predicted octanol–water partition coefficient (Wildman–Crippen LogP) is 4.20. The lowest BCUT2D eigenvalue weighted by atomic mass is 9.75. The molecule has 2 aliphatic rings.